The molecule has 0 atom stereocenters. The first-order chi connectivity index (χ1) is 13.6. The zero-order valence-electron chi connectivity index (χ0n) is 15.6. The van der Waals surface area contributed by atoms with Crippen molar-refractivity contribution in [2.75, 3.05) is 0 Å². The molecule has 138 valence electrons. The molecule has 0 amide bonds. The third-order valence-electron chi connectivity index (χ3n) is 5.86. The Labute approximate surface area is 164 Å². The largest absolute Gasteiger partial charge is 0.508 e. The second-order valence-electron chi connectivity index (χ2n) is 7.71. The minimum Gasteiger partial charge on any atom is -0.508 e. The molecule has 1 aliphatic carbocycles. The number of pyridine rings is 1. The number of phenolic OH excluding ortho intramolecular Hbond substituents is 1. The lowest BCUT2D eigenvalue weighted by Crippen LogP contribution is -2.43. The maximum absolute atomic E-state index is 9.87. The van der Waals surface area contributed by atoms with Crippen LogP contribution in [0, 0.1) is 0 Å². The van der Waals surface area contributed by atoms with Crippen LogP contribution in [-0.2, 0) is 5.54 Å². The number of fused-ring (bicyclic) bond motifs is 1. The molecular formula is C25H22N2O. The average Bonchev–Trinajstić information content (AvgIpc) is 2.72. The summed E-state index contributed by atoms with van der Waals surface area (Å²) in [6.07, 6.45) is 3.31. The van der Waals surface area contributed by atoms with E-state index < -0.39 is 0 Å². The van der Waals surface area contributed by atoms with Crippen molar-refractivity contribution < 1.29 is 5.11 Å². The van der Waals surface area contributed by atoms with Gasteiger partial charge in [-0.2, -0.15) is 0 Å². The molecule has 4 aromatic rings. The molecule has 1 aliphatic rings. The fourth-order valence-corrected chi connectivity index (χ4v) is 4.03. The third-order valence-corrected chi connectivity index (χ3v) is 5.86. The van der Waals surface area contributed by atoms with E-state index in [2.05, 4.69) is 42.5 Å². The summed E-state index contributed by atoms with van der Waals surface area (Å²) in [6.45, 7) is 0. The van der Waals surface area contributed by atoms with E-state index in [0.29, 0.717) is 0 Å². The summed E-state index contributed by atoms with van der Waals surface area (Å²) in [5.41, 5.74) is 12.6. The van der Waals surface area contributed by atoms with Crippen molar-refractivity contribution in [2.45, 2.75) is 24.8 Å². The second kappa shape index (κ2) is 6.47. The van der Waals surface area contributed by atoms with E-state index in [0.717, 1.165) is 46.1 Å². The maximum atomic E-state index is 9.87. The Morgan fingerprint density at radius 1 is 0.821 bits per heavy atom. The van der Waals surface area contributed by atoms with Crippen molar-refractivity contribution >= 4 is 10.9 Å². The van der Waals surface area contributed by atoms with Crippen molar-refractivity contribution in [3.05, 3.63) is 84.4 Å². The van der Waals surface area contributed by atoms with Gasteiger partial charge in [0, 0.05) is 22.1 Å². The molecule has 0 spiro atoms. The normalized spacial score (nSPS) is 15.3. The maximum Gasteiger partial charge on any atom is 0.116 e. The van der Waals surface area contributed by atoms with Crippen LogP contribution in [0.1, 0.15) is 24.8 Å². The van der Waals surface area contributed by atoms with Gasteiger partial charge in [-0.05, 0) is 54.7 Å². The number of phenols is 1. The third kappa shape index (κ3) is 2.85. The molecular weight excluding hydrogens is 344 g/mol. The van der Waals surface area contributed by atoms with E-state index in [1.807, 2.05) is 24.3 Å². The van der Waals surface area contributed by atoms with E-state index in [1.54, 1.807) is 12.1 Å². The van der Waals surface area contributed by atoms with Gasteiger partial charge in [0.05, 0.1) is 11.2 Å². The highest BCUT2D eigenvalue weighted by atomic mass is 16.3. The van der Waals surface area contributed by atoms with Gasteiger partial charge < -0.3 is 10.8 Å². The molecule has 0 bridgehead atoms. The predicted octanol–water partition coefficient (Wildman–Crippen LogP) is 5.61. The second-order valence-corrected chi connectivity index (χ2v) is 7.71. The average molecular weight is 366 g/mol. The summed E-state index contributed by atoms with van der Waals surface area (Å²) in [4.78, 5) is 4.95. The zero-order valence-corrected chi connectivity index (χ0v) is 15.6. The summed E-state index contributed by atoms with van der Waals surface area (Å²) < 4.78 is 0. The van der Waals surface area contributed by atoms with Gasteiger partial charge in [-0.1, -0.05) is 54.6 Å². The minimum absolute atomic E-state index is 0.158. The molecule has 5 rings (SSSR count). The molecule has 0 aliphatic heterocycles. The van der Waals surface area contributed by atoms with E-state index in [9.17, 15) is 5.11 Å². The molecule has 1 saturated carbocycles. The Kier molecular flexibility index (Phi) is 3.92. The molecule has 28 heavy (non-hydrogen) atoms. The first kappa shape index (κ1) is 17.0. The van der Waals surface area contributed by atoms with Crippen LogP contribution in [0.15, 0.2) is 78.9 Å². The number of aromatic nitrogens is 1. The Hall–Kier alpha value is -3.17. The van der Waals surface area contributed by atoms with Crippen LogP contribution in [0.2, 0.25) is 0 Å². The van der Waals surface area contributed by atoms with Gasteiger partial charge in [0.15, 0.2) is 0 Å². The van der Waals surface area contributed by atoms with Crippen LogP contribution in [0.4, 0.5) is 0 Å². The number of nitrogens with two attached hydrogens (primary N) is 1. The van der Waals surface area contributed by atoms with Gasteiger partial charge in [0.2, 0.25) is 0 Å². The highest BCUT2D eigenvalue weighted by molar-refractivity contribution is 5.92. The van der Waals surface area contributed by atoms with E-state index in [4.69, 9.17) is 10.7 Å². The van der Waals surface area contributed by atoms with E-state index in [1.165, 1.54) is 12.0 Å². The van der Waals surface area contributed by atoms with Gasteiger partial charge >= 0.3 is 0 Å². The molecule has 1 aromatic heterocycles. The van der Waals surface area contributed by atoms with Crippen molar-refractivity contribution in [3.8, 4) is 28.1 Å². The van der Waals surface area contributed by atoms with Gasteiger partial charge in [-0.3, -0.25) is 0 Å². The van der Waals surface area contributed by atoms with Crippen molar-refractivity contribution in [3.63, 3.8) is 0 Å². The molecule has 1 fully saturated rings. The van der Waals surface area contributed by atoms with Gasteiger partial charge in [0.1, 0.15) is 5.75 Å². The van der Waals surface area contributed by atoms with Crippen LogP contribution in [-0.4, -0.2) is 10.1 Å². The molecule has 3 nitrogen and oxygen atoms in total. The Balaban J connectivity index is 1.68. The first-order valence-corrected chi connectivity index (χ1v) is 9.71. The van der Waals surface area contributed by atoms with Crippen LogP contribution in [0.25, 0.3) is 33.3 Å². The fourth-order valence-electron chi connectivity index (χ4n) is 4.03. The summed E-state index contributed by atoms with van der Waals surface area (Å²) in [7, 11) is 0. The number of aromatic hydroxyl groups is 1. The fraction of sp³-hybridized carbons (Fsp3) is 0.160. The number of hydrogen-bond acceptors (Lipinski definition) is 3. The molecule has 0 saturated heterocycles. The number of nitrogens with zero attached hydrogens (tertiary/aromatic N) is 1. The monoisotopic (exact) mass is 366 g/mol. The molecule has 3 aromatic carbocycles. The number of hydrogen-bond donors (Lipinski definition) is 2. The highest BCUT2D eigenvalue weighted by Gasteiger charge is 2.34. The summed E-state index contributed by atoms with van der Waals surface area (Å²) in [5, 5.41) is 10.8. The minimum atomic E-state index is -0.158. The summed E-state index contributed by atoms with van der Waals surface area (Å²) in [6, 6.07) is 26.2. The quantitative estimate of drug-likeness (QED) is 0.495. The lowest BCUT2D eigenvalue weighted by molar-refractivity contribution is 0.253. The van der Waals surface area contributed by atoms with Crippen molar-refractivity contribution in [1.82, 2.24) is 4.98 Å². The van der Waals surface area contributed by atoms with Crippen molar-refractivity contribution in [2.24, 2.45) is 5.73 Å². The molecule has 0 unspecified atom stereocenters. The first-order valence-electron chi connectivity index (χ1n) is 9.71. The number of benzene rings is 3. The zero-order chi connectivity index (χ0) is 19.1. The van der Waals surface area contributed by atoms with Gasteiger partial charge in [-0.25, -0.2) is 4.98 Å². The van der Waals surface area contributed by atoms with Crippen LogP contribution in [0.5, 0.6) is 5.75 Å². The molecule has 3 N–H and O–H groups in total. The number of rotatable bonds is 3. The van der Waals surface area contributed by atoms with E-state index >= 15 is 0 Å². The topological polar surface area (TPSA) is 59.1 Å². The summed E-state index contributed by atoms with van der Waals surface area (Å²) >= 11 is 0. The van der Waals surface area contributed by atoms with Gasteiger partial charge in [0.25, 0.3) is 0 Å². The predicted molar refractivity (Wildman–Crippen MR) is 114 cm³/mol. The summed E-state index contributed by atoms with van der Waals surface area (Å²) in [5.74, 6) is 0.249. The van der Waals surface area contributed by atoms with Crippen molar-refractivity contribution in [1.29, 1.82) is 0 Å². The molecule has 0 radical (unpaired) electrons. The van der Waals surface area contributed by atoms with E-state index in [-0.39, 0.29) is 11.3 Å². The van der Waals surface area contributed by atoms with Crippen LogP contribution >= 0.6 is 0 Å². The highest BCUT2D eigenvalue weighted by Crippen LogP contribution is 2.40. The van der Waals surface area contributed by atoms with Gasteiger partial charge in [-0.15, -0.1) is 0 Å². The molecule has 1 heterocycles. The lowest BCUT2D eigenvalue weighted by Gasteiger charge is -2.38. The molecule has 3 heteroatoms. The smallest absolute Gasteiger partial charge is 0.116 e. The lowest BCUT2D eigenvalue weighted by atomic mass is 9.72. The standard InChI is InChI=1S/C25H22N2O/c26-25(13-4-14-25)20-9-7-18(8-10-20)24-22(17-5-2-1-3-6-17)16-19-15-21(28)11-12-23(19)27-24/h1-3,5-12,15-16,28H,4,13-14,26H2. The van der Waals surface area contributed by atoms with Crippen LogP contribution in [0.3, 0.4) is 0 Å². The Bertz CT molecular complexity index is 1150. The Morgan fingerprint density at radius 2 is 1.57 bits per heavy atom. The Morgan fingerprint density at radius 3 is 2.25 bits per heavy atom. The van der Waals surface area contributed by atoms with Crippen LogP contribution < -0.4 is 5.73 Å². The SMILES string of the molecule is NC1(c2ccc(-c3nc4ccc(O)cc4cc3-c3ccccc3)cc2)CCC1.